The van der Waals surface area contributed by atoms with E-state index in [1.165, 1.54) is 10.9 Å². The molecule has 1 N–H and O–H groups in total. The molecule has 12 nitrogen and oxygen atoms in total. The van der Waals surface area contributed by atoms with Crippen molar-refractivity contribution in [2.45, 2.75) is 43.9 Å². The number of methoxy groups -OCH3 is 2. The zero-order valence-corrected chi connectivity index (χ0v) is 32.2. The van der Waals surface area contributed by atoms with Crippen molar-refractivity contribution >= 4 is 39.9 Å². The molecule has 6 heterocycles. The monoisotopic (exact) mass is 779 g/mol. The molecule has 2 fully saturated rings. The van der Waals surface area contributed by atoms with Crippen LogP contribution in [0.3, 0.4) is 0 Å². The minimum Gasteiger partial charge on any atom is -0.497 e. The van der Waals surface area contributed by atoms with Crippen molar-refractivity contribution in [1.29, 1.82) is 0 Å². The van der Waals surface area contributed by atoms with Crippen LogP contribution in [0.5, 0.6) is 11.6 Å². The first kappa shape index (κ1) is 36.9. The number of carbonyl (C=O) groups excluding carboxylic acids is 1. The third-order valence-corrected chi connectivity index (χ3v) is 12.1. The fourth-order valence-corrected chi connectivity index (χ4v) is 9.06. The molecule has 0 unspecified atom stereocenters. The highest BCUT2D eigenvalue weighted by Gasteiger charge is 2.41. The molecule has 0 saturated carbocycles. The molecule has 0 aliphatic carbocycles. The molecule has 4 aromatic heterocycles. The predicted molar refractivity (Wildman–Crippen MR) is 212 cm³/mol. The smallest absolute Gasteiger partial charge is 0.262 e. The Morgan fingerprint density at radius 2 is 1.80 bits per heavy atom. The molecule has 1 amide bonds. The highest BCUT2D eigenvalue weighted by atomic mass is 35.5. The van der Waals surface area contributed by atoms with E-state index in [4.69, 9.17) is 21.1 Å². The molecule has 0 spiro atoms. The summed E-state index contributed by atoms with van der Waals surface area (Å²) in [4.78, 5) is 47.0. The molecule has 2 saturated heterocycles. The summed E-state index contributed by atoms with van der Waals surface area (Å²) in [5.41, 5.74) is 1.91. The van der Waals surface area contributed by atoms with Crippen LogP contribution in [0.25, 0.3) is 27.3 Å². The molecule has 0 radical (unpaired) electrons. The molecule has 2 aliphatic rings. The second-order valence-corrected chi connectivity index (χ2v) is 15.9. The number of nitrogens with zero attached hydrogens (tertiary/aromatic N) is 7. The normalized spacial score (nSPS) is 18.7. The lowest BCUT2D eigenvalue weighted by molar-refractivity contribution is -0.142. The largest absolute Gasteiger partial charge is 0.497 e. The predicted octanol–water partition coefficient (Wildman–Crippen LogP) is 6.04. The summed E-state index contributed by atoms with van der Waals surface area (Å²) in [6.45, 7) is 3.21. The number of amides is 1. The van der Waals surface area contributed by atoms with Gasteiger partial charge in [0.2, 0.25) is 11.8 Å². The molecule has 2 aromatic carbocycles. The van der Waals surface area contributed by atoms with Crippen molar-refractivity contribution in [1.82, 2.24) is 33.9 Å². The number of thiazole rings is 1. The summed E-state index contributed by atoms with van der Waals surface area (Å²) in [5, 5.41) is 13.6. The first-order valence-corrected chi connectivity index (χ1v) is 19.5. The first-order chi connectivity index (χ1) is 26.7. The molecule has 14 heteroatoms. The van der Waals surface area contributed by atoms with Gasteiger partial charge in [0.1, 0.15) is 17.1 Å². The standard InChI is InChI=1S/C41H42ClN7O5S/c1-53-31-19-29(42)18-30(20-31)49-15-11-34-37(49)45-26-48(40(34)51)25-41(52)12-16-47(17-13-41)39(50)33-10-14-46(24-35(33)27-6-4-3-5-7-27)23-32-22-44-38(55-32)28-8-9-36(54-2)43-21-28/h3-9,11,15,18-22,26,33,35,52H,10,12-14,16-17,23-25H2,1-2H3/t33-,35+/m1/s1. The number of piperidine rings is 2. The van der Waals surface area contributed by atoms with Crippen LogP contribution in [-0.4, -0.2) is 90.9 Å². The summed E-state index contributed by atoms with van der Waals surface area (Å²) >= 11 is 7.96. The maximum absolute atomic E-state index is 14.3. The Kier molecular flexibility index (Phi) is 10.4. The van der Waals surface area contributed by atoms with E-state index in [1.807, 2.05) is 47.5 Å². The van der Waals surface area contributed by atoms with Crippen LogP contribution in [0, 0.1) is 5.92 Å². The maximum atomic E-state index is 14.3. The van der Waals surface area contributed by atoms with Gasteiger partial charge in [0.05, 0.1) is 37.4 Å². The van der Waals surface area contributed by atoms with Gasteiger partial charge in [-0.1, -0.05) is 41.9 Å². The van der Waals surface area contributed by atoms with Gasteiger partial charge in [-0.25, -0.2) is 15.0 Å². The van der Waals surface area contributed by atoms with E-state index < -0.39 is 5.60 Å². The van der Waals surface area contributed by atoms with Gasteiger partial charge in [0.15, 0.2) is 5.65 Å². The second-order valence-electron chi connectivity index (χ2n) is 14.4. The number of pyridine rings is 1. The topological polar surface area (TPSA) is 128 Å². The summed E-state index contributed by atoms with van der Waals surface area (Å²) in [6.07, 6.45) is 8.43. The molecule has 2 aliphatic heterocycles. The van der Waals surface area contributed by atoms with Gasteiger partial charge in [-0.2, -0.15) is 0 Å². The first-order valence-electron chi connectivity index (χ1n) is 18.4. The maximum Gasteiger partial charge on any atom is 0.262 e. The third kappa shape index (κ3) is 7.75. The van der Waals surface area contributed by atoms with Crippen molar-refractivity contribution in [2.24, 2.45) is 5.92 Å². The second kappa shape index (κ2) is 15.6. The minimum absolute atomic E-state index is 0.0260. The van der Waals surface area contributed by atoms with Crippen LogP contribution in [0.2, 0.25) is 5.02 Å². The van der Waals surface area contributed by atoms with Gasteiger partial charge in [-0.3, -0.25) is 19.1 Å². The molecule has 2 atom stereocenters. The summed E-state index contributed by atoms with van der Waals surface area (Å²) in [7, 11) is 3.17. The number of halogens is 1. The number of hydrogen-bond donors (Lipinski definition) is 1. The van der Waals surface area contributed by atoms with E-state index in [0.29, 0.717) is 53.6 Å². The highest BCUT2D eigenvalue weighted by Crippen LogP contribution is 2.37. The van der Waals surface area contributed by atoms with Crippen molar-refractivity contribution in [3.8, 4) is 27.9 Å². The van der Waals surface area contributed by atoms with Crippen LogP contribution in [-0.2, 0) is 17.9 Å². The molecule has 0 bridgehead atoms. The molecule has 6 aromatic rings. The van der Waals surface area contributed by atoms with Crippen molar-refractivity contribution in [2.75, 3.05) is 40.4 Å². The van der Waals surface area contributed by atoms with E-state index in [-0.39, 0.29) is 29.8 Å². The quantitative estimate of drug-likeness (QED) is 0.177. The number of aromatic nitrogens is 5. The van der Waals surface area contributed by atoms with Crippen LogP contribution >= 0.6 is 22.9 Å². The lowest BCUT2D eigenvalue weighted by Gasteiger charge is -2.43. The van der Waals surface area contributed by atoms with E-state index in [9.17, 15) is 14.7 Å². The van der Waals surface area contributed by atoms with Crippen LogP contribution in [0.4, 0.5) is 0 Å². The van der Waals surface area contributed by atoms with Gasteiger partial charge in [-0.05, 0) is 55.6 Å². The van der Waals surface area contributed by atoms with Gasteiger partial charge in [0, 0.05) is 84.2 Å². The van der Waals surface area contributed by atoms with E-state index >= 15 is 0 Å². The Bertz CT molecular complexity index is 2350. The fourth-order valence-electron chi connectivity index (χ4n) is 7.89. The zero-order chi connectivity index (χ0) is 38.1. The molecule has 284 valence electrons. The zero-order valence-electron chi connectivity index (χ0n) is 30.7. The number of hydrogen-bond acceptors (Lipinski definition) is 10. The SMILES string of the molecule is COc1cc(Cl)cc(-n2ccc3c(=O)n(CC4(O)CCN(C(=O)[C@@H]5CCN(Cc6cnc(-c7ccc(OC)nc7)s6)C[C@H]5c5ccccc5)CC4)cnc32)c1. The Balaban J connectivity index is 0.925. The van der Waals surface area contributed by atoms with E-state index in [1.54, 1.807) is 60.7 Å². The minimum atomic E-state index is -1.16. The van der Waals surface area contributed by atoms with Gasteiger partial charge < -0.3 is 24.0 Å². The number of rotatable bonds is 10. The Morgan fingerprint density at radius 3 is 2.55 bits per heavy atom. The number of aliphatic hydroxyl groups is 1. The van der Waals surface area contributed by atoms with Crippen LogP contribution < -0.4 is 15.0 Å². The average molecular weight is 780 g/mol. The molecule has 55 heavy (non-hydrogen) atoms. The summed E-state index contributed by atoms with van der Waals surface area (Å²) < 4.78 is 13.8. The van der Waals surface area contributed by atoms with Crippen LogP contribution in [0.15, 0.2) is 96.4 Å². The van der Waals surface area contributed by atoms with Gasteiger partial charge in [0.25, 0.3) is 5.56 Å². The van der Waals surface area contributed by atoms with Crippen LogP contribution in [0.1, 0.15) is 35.6 Å². The lowest BCUT2D eigenvalue weighted by Crippen LogP contribution is -2.53. The van der Waals surface area contributed by atoms with Crippen molar-refractivity contribution in [3.63, 3.8) is 0 Å². The van der Waals surface area contributed by atoms with Gasteiger partial charge >= 0.3 is 0 Å². The Morgan fingerprint density at radius 1 is 0.982 bits per heavy atom. The number of carbonyl (C=O) groups is 1. The average Bonchev–Trinajstić information content (AvgIpc) is 3.87. The molecular weight excluding hydrogens is 738 g/mol. The molecular formula is C41H42ClN7O5S. The number of likely N-dealkylation sites (tertiary alicyclic amines) is 2. The Labute approximate surface area is 327 Å². The summed E-state index contributed by atoms with van der Waals surface area (Å²) in [5.74, 6) is 1.14. The number of fused-ring (bicyclic) bond motifs is 1. The highest BCUT2D eigenvalue weighted by molar-refractivity contribution is 7.15. The third-order valence-electron chi connectivity index (χ3n) is 10.9. The van der Waals surface area contributed by atoms with Crippen molar-refractivity contribution in [3.05, 3.63) is 117 Å². The van der Waals surface area contributed by atoms with Crippen molar-refractivity contribution < 1.29 is 19.4 Å². The Hall–Kier alpha value is -5.08. The number of benzene rings is 2. The lowest BCUT2D eigenvalue weighted by atomic mass is 9.79. The number of ether oxygens (including phenoxy) is 2. The molecule has 8 rings (SSSR count). The van der Waals surface area contributed by atoms with E-state index in [0.717, 1.165) is 52.8 Å². The summed E-state index contributed by atoms with van der Waals surface area (Å²) in [6, 6.07) is 21.2. The van der Waals surface area contributed by atoms with E-state index in [2.05, 4.69) is 32.0 Å². The van der Waals surface area contributed by atoms with Gasteiger partial charge in [-0.15, -0.1) is 11.3 Å². The fraction of sp³-hybridized carbons (Fsp3) is 0.341.